The summed E-state index contributed by atoms with van der Waals surface area (Å²) in [7, 11) is 1.77. The molecule has 2 amide bonds. The first kappa shape index (κ1) is 23.6. The maximum atomic E-state index is 12.4. The number of anilines is 1. The van der Waals surface area contributed by atoms with Crippen molar-refractivity contribution in [1.29, 1.82) is 0 Å². The third kappa shape index (κ3) is 7.30. The van der Waals surface area contributed by atoms with Gasteiger partial charge in [0.2, 0.25) is 11.8 Å². The molecular weight excluding hydrogens is 374 g/mol. The average Bonchev–Trinajstić information content (AvgIpc) is 2.65. The predicted molar refractivity (Wildman–Crippen MR) is 124 cm³/mol. The molecule has 2 N–H and O–H groups in total. The second-order valence-electron chi connectivity index (χ2n) is 8.60. The Morgan fingerprint density at radius 1 is 0.933 bits per heavy atom. The SMILES string of the molecule is Cc1cccc(NC(=O)CN(C)CC(=O)N[C@@H](C)c2ccc(CC(C)C)cc2)c1C. The Labute approximate surface area is 180 Å². The topological polar surface area (TPSA) is 61.4 Å². The number of benzene rings is 2. The van der Waals surface area contributed by atoms with E-state index in [2.05, 4.69) is 48.7 Å². The van der Waals surface area contributed by atoms with Crippen LogP contribution >= 0.6 is 0 Å². The van der Waals surface area contributed by atoms with Gasteiger partial charge in [-0.2, -0.15) is 0 Å². The Kier molecular flexibility index (Phi) is 8.60. The van der Waals surface area contributed by atoms with Crippen LogP contribution in [0, 0.1) is 19.8 Å². The van der Waals surface area contributed by atoms with Crippen LogP contribution in [0.2, 0.25) is 0 Å². The molecule has 0 unspecified atom stereocenters. The molecule has 0 aliphatic rings. The number of hydrogen-bond acceptors (Lipinski definition) is 3. The molecule has 0 aromatic heterocycles. The van der Waals surface area contributed by atoms with Gasteiger partial charge in [0.25, 0.3) is 0 Å². The normalized spacial score (nSPS) is 12.1. The number of likely N-dealkylation sites (N-methyl/N-ethyl adjacent to an activating group) is 1. The maximum absolute atomic E-state index is 12.4. The van der Waals surface area contributed by atoms with Gasteiger partial charge < -0.3 is 10.6 Å². The third-order valence-corrected chi connectivity index (χ3v) is 5.21. The number of nitrogens with one attached hydrogen (secondary N) is 2. The highest BCUT2D eigenvalue weighted by Gasteiger charge is 2.14. The first-order chi connectivity index (χ1) is 14.2. The molecule has 2 aromatic carbocycles. The van der Waals surface area contributed by atoms with Crippen LogP contribution in [-0.4, -0.2) is 36.9 Å². The molecule has 2 aromatic rings. The van der Waals surface area contributed by atoms with E-state index >= 15 is 0 Å². The quantitative estimate of drug-likeness (QED) is 0.651. The standard InChI is InChI=1S/C25H35N3O2/c1-17(2)14-21-10-12-22(13-11-21)20(5)26-24(29)15-28(6)16-25(30)27-23-9-7-8-18(3)19(23)4/h7-13,17,20H,14-16H2,1-6H3,(H,26,29)(H,27,30)/t20-/m0/s1. The molecule has 0 saturated heterocycles. The van der Waals surface area contributed by atoms with Crippen LogP contribution in [0.3, 0.4) is 0 Å². The fourth-order valence-electron chi connectivity index (χ4n) is 3.41. The van der Waals surface area contributed by atoms with Crippen LogP contribution in [0.15, 0.2) is 42.5 Å². The summed E-state index contributed by atoms with van der Waals surface area (Å²) in [5.41, 5.74) is 5.38. The Bertz CT molecular complexity index is 859. The third-order valence-electron chi connectivity index (χ3n) is 5.21. The zero-order chi connectivity index (χ0) is 22.3. The Hall–Kier alpha value is -2.66. The lowest BCUT2D eigenvalue weighted by Gasteiger charge is -2.19. The van der Waals surface area contributed by atoms with Gasteiger partial charge in [0.1, 0.15) is 0 Å². The molecule has 162 valence electrons. The van der Waals surface area contributed by atoms with Gasteiger partial charge in [0, 0.05) is 5.69 Å². The molecular formula is C25H35N3O2. The first-order valence-electron chi connectivity index (χ1n) is 10.6. The van der Waals surface area contributed by atoms with Gasteiger partial charge in [-0.15, -0.1) is 0 Å². The zero-order valence-corrected chi connectivity index (χ0v) is 19.1. The van der Waals surface area contributed by atoms with E-state index in [1.165, 1.54) is 5.56 Å². The summed E-state index contributed by atoms with van der Waals surface area (Å²) in [5, 5.41) is 5.94. The number of hydrogen-bond donors (Lipinski definition) is 2. The van der Waals surface area contributed by atoms with Gasteiger partial charge in [-0.3, -0.25) is 14.5 Å². The molecule has 30 heavy (non-hydrogen) atoms. The Morgan fingerprint density at radius 2 is 1.57 bits per heavy atom. The predicted octanol–water partition coefficient (Wildman–Crippen LogP) is 4.25. The van der Waals surface area contributed by atoms with Crippen LogP contribution in [0.4, 0.5) is 5.69 Å². The van der Waals surface area contributed by atoms with E-state index in [4.69, 9.17) is 0 Å². The van der Waals surface area contributed by atoms with Crippen molar-refractivity contribution in [3.8, 4) is 0 Å². The van der Waals surface area contributed by atoms with Crippen molar-refractivity contribution in [3.05, 3.63) is 64.7 Å². The summed E-state index contributed by atoms with van der Waals surface area (Å²) < 4.78 is 0. The van der Waals surface area contributed by atoms with Gasteiger partial charge in [0.05, 0.1) is 19.1 Å². The van der Waals surface area contributed by atoms with Crippen molar-refractivity contribution in [2.45, 2.75) is 47.1 Å². The summed E-state index contributed by atoms with van der Waals surface area (Å²) in [4.78, 5) is 26.5. The van der Waals surface area contributed by atoms with Crippen LogP contribution < -0.4 is 10.6 Å². The number of nitrogens with zero attached hydrogens (tertiary/aromatic N) is 1. The van der Waals surface area contributed by atoms with Crippen LogP contribution in [-0.2, 0) is 16.0 Å². The molecule has 0 aliphatic heterocycles. The molecule has 0 radical (unpaired) electrons. The minimum atomic E-state index is -0.132. The highest BCUT2D eigenvalue weighted by Crippen LogP contribution is 2.18. The van der Waals surface area contributed by atoms with Gasteiger partial charge >= 0.3 is 0 Å². The lowest BCUT2D eigenvalue weighted by Crippen LogP contribution is -2.39. The molecule has 1 atom stereocenters. The van der Waals surface area contributed by atoms with E-state index in [0.717, 1.165) is 28.8 Å². The summed E-state index contributed by atoms with van der Waals surface area (Å²) in [5.74, 6) is 0.388. The summed E-state index contributed by atoms with van der Waals surface area (Å²) in [6.45, 7) is 10.7. The molecule has 0 saturated carbocycles. The number of carbonyl (C=O) groups is 2. The van der Waals surface area contributed by atoms with Crippen molar-refractivity contribution < 1.29 is 9.59 Å². The molecule has 0 aliphatic carbocycles. The molecule has 5 heteroatoms. The van der Waals surface area contributed by atoms with Crippen molar-refractivity contribution in [2.24, 2.45) is 5.92 Å². The number of carbonyl (C=O) groups excluding carboxylic acids is 2. The van der Waals surface area contributed by atoms with Gasteiger partial charge in [-0.05, 0) is 68.5 Å². The second-order valence-corrected chi connectivity index (χ2v) is 8.60. The minimum absolute atomic E-state index is 0.0808. The molecule has 0 spiro atoms. The van der Waals surface area contributed by atoms with Gasteiger partial charge in [-0.1, -0.05) is 50.2 Å². The lowest BCUT2D eigenvalue weighted by atomic mass is 10.00. The minimum Gasteiger partial charge on any atom is -0.348 e. The Balaban J connectivity index is 1.82. The summed E-state index contributed by atoms with van der Waals surface area (Å²) in [6, 6.07) is 14.1. The van der Waals surface area contributed by atoms with E-state index in [-0.39, 0.29) is 30.9 Å². The second kappa shape index (κ2) is 10.9. The summed E-state index contributed by atoms with van der Waals surface area (Å²) in [6.07, 6.45) is 1.05. The monoisotopic (exact) mass is 409 g/mol. The number of amides is 2. The number of aryl methyl sites for hydroxylation is 1. The largest absolute Gasteiger partial charge is 0.348 e. The van der Waals surface area contributed by atoms with Crippen molar-refractivity contribution in [2.75, 3.05) is 25.5 Å². The van der Waals surface area contributed by atoms with E-state index < -0.39 is 0 Å². The van der Waals surface area contributed by atoms with Crippen LogP contribution in [0.5, 0.6) is 0 Å². The highest BCUT2D eigenvalue weighted by molar-refractivity contribution is 5.93. The molecule has 0 heterocycles. The Morgan fingerprint density at radius 3 is 2.20 bits per heavy atom. The molecule has 0 bridgehead atoms. The first-order valence-corrected chi connectivity index (χ1v) is 10.6. The van der Waals surface area contributed by atoms with Gasteiger partial charge in [0.15, 0.2) is 0 Å². The van der Waals surface area contributed by atoms with Crippen molar-refractivity contribution in [1.82, 2.24) is 10.2 Å². The van der Waals surface area contributed by atoms with Gasteiger partial charge in [-0.25, -0.2) is 0 Å². The smallest absolute Gasteiger partial charge is 0.238 e. The van der Waals surface area contributed by atoms with E-state index in [9.17, 15) is 9.59 Å². The van der Waals surface area contributed by atoms with E-state index in [1.807, 2.05) is 39.0 Å². The van der Waals surface area contributed by atoms with E-state index in [1.54, 1.807) is 11.9 Å². The number of rotatable bonds is 9. The fourth-order valence-corrected chi connectivity index (χ4v) is 3.41. The fraction of sp³-hybridized carbons (Fsp3) is 0.440. The van der Waals surface area contributed by atoms with Crippen LogP contribution in [0.1, 0.15) is 49.1 Å². The zero-order valence-electron chi connectivity index (χ0n) is 19.1. The van der Waals surface area contributed by atoms with Crippen LogP contribution in [0.25, 0.3) is 0 Å². The lowest BCUT2D eigenvalue weighted by molar-refractivity contribution is -0.123. The molecule has 2 rings (SSSR count). The van der Waals surface area contributed by atoms with E-state index in [0.29, 0.717) is 5.92 Å². The molecule has 5 nitrogen and oxygen atoms in total. The highest BCUT2D eigenvalue weighted by atomic mass is 16.2. The van der Waals surface area contributed by atoms with Crippen molar-refractivity contribution in [3.63, 3.8) is 0 Å². The average molecular weight is 410 g/mol. The maximum Gasteiger partial charge on any atom is 0.238 e. The summed E-state index contributed by atoms with van der Waals surface area (Å²) >= 11 is 0. The van der Waals surface area contributed by atoms with Crippen molar-refractivity contribution >= 4 is 17.5 Å². The molecule has 0 fully saturated rings.